The number of nitrogens with one attached hydrogen (secondary N) is 1. The Morgan fingerprint density at radius 1 is 1.09 bits per heavy atom. The van der Waals surface area contributed by atoms with Crippen molar-refractivity contribution in [3.05, 3.63) is 71.8 Å². The molecule has 1 aromatic carbocycles. The standard InChI is InChI=1S/C25H29N5OS/c1-18-6-7-19(2)22(15-18)32-24-16-23(28-17-29-24)30-13-9-20(10-14-30)25(31)27-12-8-21-5-3-4-11-26-21/h3-7,11,15-17,20H,8-10,12-14H2,1-2H3,(H,27,31). The molecule has 1 aliphatic rings. The molecule has 6 nitrogen and oxygen atoms in total. The van der Waals surface area contributed by atoms with Crippen LogP contribution < -0.4 is 10.2 Å². The molecule has 1 amide bonds. The number of hydrogen-bond acceptors (Lipinski definition) is 6. The summed E-state index contributed by atoms with van der Waals surface area (Å²) in [7, 11) is 0. The summed E-state index contributed by atoms with van der Waals surface area (Å²) in [5.74, 6) is 1.14. The second-order valence-corrected chi connectivity index (χ2v) is 9.27. The van der Waals surface area contributed by atoms with Crippen molar-refractivity contribution in [2.24, 2.45) is 5.92 Å². The largest absolute Gasteiger partial charge is 0.356 e. The molecule has 3 heterocycles. The van der Waals surface area contributed by atoms with Gasteiger partial charge in [0, 0.05) is 54.8 Å². The first-order chi connectivity index (χ1) is 15.6. The number of piperidine rings is 1. The van der Waals surface area contributed by atoms with Crippen LogP contribution in [0.3, 0.4) is 0 Å². The highest BCUT2D eigenvalue weighted by Gasteiger charge is 2.25. The highest BCUT2D eigenvalue weighted by Crippen LogP contribution is 2.31. The van der Waals surface area contributed by atoms with E-state index in [1.165, 1.54) is 16.0 Å². The molecular formula is C25H29N5OS. The molecule has 3 aromatic rings. The van der Waals surface area contributed by atoms with E-state index in [0.29, 0.717) is 6.54 Å². The zero-order valence-electron chi connectivity index (χ0n) is 18.6. The van der Waals surface area contributed by atoms with Gasteiger partial charge in [0.1, 0.15) is 17.2 Å². The summed E-state index contributed by atoms with van der Waals surface area (Å²) < 4.78 is 0. The number of pyridine rings is 1. The maximum absolute atomic E-state index is 12.6. The molecule has 2 aromatic heterocycles. The van der Waals surface area contributed by atoms with Crippen LogP contribution >= 0.6 is 11.8 Å². The van der Waals surface area contributed by atoms with Gasteiger partial charge >= 0.3 is 0 Å². The number of carbonyl (C=O) groups is 1. The van der Waals surface area contributed by atoms with Crippen LogP contribution in [0.25, 0.3) is 0 Å². The summed E-state index contributed by atoms with van der Waals surface area (Å²) in [6, 6.07) is 14.4. The molecule has 4 rings (SSSR count). The third kappa shape index (κ3) is 5.85. The molecule has 1 N–H and O–H groups in total. The Morgan fingerprint density at radius 3 is 2.72 bits per heavy atom. The number of carbonyl (C=O) groups excluding carboxylic acids is 1. The lowest BCUT2D eigenvalue weighted by molar-refractivity contribution is -0.125. The van der Waals surface area contributed by atoms with Gasteiger partial charge in [-0.05, 0) is 56.0 Å². The maximum Gasteiger partial charge on any atom is 0.223 e. The zero-order chi connectivity index (χ0) is 22.3. The average Bonchev–Trinajstić information content (AvgIpc) is 2.82. The minimum atomic E-state index is 0.0561. The van der Waals surface area contributed by atoms with Crippen LogP contribution in [-0.4, -0.2) is 40.5 Å². The van der Waals surface area contributed by atoms with Gasteiger partial charge in [0.15, 0.2) is 0 Å². The van der Waals surface area contributed by atoms with E-state index < -0.39 is 0 Å². The van der Waals surface area contributed by atoms with Gasteiger partial charge in [-0.1, -0.05) is 30.0 Å². The van der Waals surface area contributed by atoms with Crippen molar-refractivity contribution >= 4 is 23.5 Å². The second-order valence-electron chi connectivity index (χ2n) is 8.21. The van der Waals surface area contributed by atoms with Crippen molar-refractivity contribution in [3.63, 3.8) is 0 Å². The van der Waals surface area contributed by atoms with E-state index in [1.54, 1.807) is 24.3 Å². The van der Waals surface area contributed by atoms with Gasteiger partial charge in [-0.15, -0.1) is 0 Å². The number of aromatic nitrogens is 3. The predicted molar refractivity (Wildman–Crippen MR) is 128 cm³/mol. The number of anilines is 1. The highest BCUT2D eigenvalue weighted by molar-refractivity contribution is 7.99. The summed E-state index contributed by atoms with van der Waals surface area (Å²) in [5, 5.41) is 4.02. The Labute approximate surface area is 193 Å². The van der Waals surface area contributed by atoms with Gasteiger partial charge in [0.2, 0.25) is 5.91 Å². The van der Waals surface area contributed by atoms with E-state index in [9.17, 15) is 4.79 Å². The first kappa shape index (κ1) is 22.3. The van der Waals surface area contributed by atoms with Gasteiger partial charge in [0.25, 0.3) is 0 Å². The van der Waals surface area contributed by atoms with Crippen LogP contribution in [-0.2, 0) is 11.2 Å². The molecule has 7 heteroatoms. The van der Waals surface area contributed by atoms with Crippen molar-refractivity contribution in [1.82, 2.24) is 20.3 Å². The monoisotopic (exact) mass is 447 g/mol. The van der Waals surface area contributed by atoms with Crippen molar-refractivity contribution in [2.75, 3.05) is 24.5 Å². The van der Waals surface area contributed by atoms with Gasteiger partial charge in [-0.25, -0.2) is 9.97 Å². The lowest BCUT2D eigenvalue weighted by Gasteiger charge is -2.32. The summed E-state index contributed by atoms with van der Waals surface area (Å²) >= 11 is 1.67. The average molecular weight is 448 g/mol. The van der Waals surface area contributed by atoms with E-state index in [4.69, 9.17) is 0 Å². The Hall–Kier alpha value is -2.93. The Kier molecular flexibility index (Phi) is 7.37. The molecule has 32 heavy (non-hydrogen) atoms. The molecule has 1 fully saturated rings. The summed E-state index contributed by atoms with van der Waals surface area (Å²) in [4.78, 5) is 29.3. The van der Waals surface area contributed by atoms with E-state index in [-0.39, 0.29) is 11.8 Å². The minimum Gasteiger partial charge on any atom is -0.356 e. The zero-order valence-corrected chi connectivity index (χ0v) is 19.4. The third-order valence-electron chi connectivity index (χ3n) is 5.78. The molecular weight excluding hydrogens is 418 g/mol. The molecule has 1 saturated heterocycles. The summed E-state index contributed by atoms with van der Waals surface area (Å²) in [5.41, 5.74) is 3.49. The molecule has 0 saturated carbocycles. The van der Waals surface area contributed by atoms with Crippen LogP contribution in [0.4, 0.5) is 5.82 Å². The number of rotatable bonds is 7. The van der Waals surface area contributed by atoms with Crippen LogP contribution in [0.1, 0.15) is 29.7 Å². The first-order valence-electron chi connectivity index (χ1n) is 11.1. The normalized spacial score (nSPS) is 14.4. The van der Waals surface area contributed by atoms with E-state index >= 15 is 0 Å². The number of benzene rings is 1. The van der Waals surface area contributed by atoms with Crippen LogP contribution in [0.2, 0.25) is 0 Å². The maximum atomic E-state index is 12.6. The molecule has 166 valence electrons. The van der Waals surface area contributed by atoms with Crippen LogP contribution in [0.15, 0.2) is 64.9 Å². The fourth-order valence-corrected chi connectivity index (χ4v) is 4.83. The van der Waals surface area contributed by atoms with Gasteiger partial charge in [-0.3, -0.25) is 9.78 Å². The molecule has 0 radical (unpaired) electrons. The Morgan fingerprint density at radius 2 is 1.94 bits per heavy atom. The number of aryl methyl sites for hydroxylation is 2. The number of hydrogen-bond donors (Lipinski definition) is 1. The third-order valence-corrected chi connectivity index (χ3v) is 6.87. The Bertz CT molecular complexity index is 1050. The topological polar surface area (TPSA) is 71.0 Å². The number of amides is 1. The number of nitrogens with zero attached hydrogens (tertiary/aromatic N) is 4. The van der Waals surface area contributed by atoms with Crippen molar-refractivity contribution < 1.29 is 4.79 Å². The quantitative estimate of drug-likeness (QED) is 0.547. The van der Waals surface area contributed by atoms with Crippen LogP contribution in [0, 0.1) is 19.8 Å². The van der Waals surface area contributed by atoms with Crippen molar-refractivity contribution in [2.45, 2.75) is 43.0 Å². The van der Waals surface area contributed by atoms with E-state index in [0.717, 1.165) is 48.9 Å². The van der Waals surface area contributed by atoms with E-state index in [2.05, 4.69) is 63.3 Å². The molecule has 0 atom stereocenters. The van der Waals surface area contributed by atoms with Crippen molar-refractivity contribution in [3.8, 4) is 0 Å². The Balaban J connectivity index is 1.29. The van der Waals surface area contributed by atoms with Gasteiger partial charge < -0.3 is 10.2 Å². The summed E-state index contributed by atoms with van der Waals surface area (Å²) in [6.07, 6.45) is 5.84. The lowest BCUT2D eigenvalue weighted by atomic mass is 9.96. The smallest absolute Gasteiger partial charge is 0.223 e. The SMILES string of the molecule is Cc1ccc(C)c(Sc2cc(N3CCC(C(=O)NCCc4ccccn4)CC3)ncn2)c1. The lowest BCUT2D eigenvalue weighted by Crippen LogP contribution is -2.41. The molecule has 0 spiro atoms. The van der Waals surface area contributed by atoms with Crippen LogP contribution in [0.5, 0.6) is 0 Å². The first-order valence-corrected chi connectivity index (χ1v) is 11.9. The summed E-state index contributed by atoms with van der Waals surface area (Å²) in [6.45, 7) is 6.50. The molecule has 0 aliphatic carbocycles. The van der Waals surface area contributed by atoms with Crippen molar-refractivity contribution in [1.29, 1.82) is 0 Å². The minimum absolute atomic E-state index is 0.0561. The highest BCUT2D eigenvalue weighted by atomic mass is 32.2. The fourth-order valence-electron chi connectivity index (χ4n) is 3.86. The molecule has 1 aliphatic heterocycles. The molecule has 0 bridgehead atoms. The fraction of sp³-hybridized carbons (Fsp3) is 0.360. The predicted octanol–water partition coefficient (Wildman–Crippen LogP) is 4.21. The second kappa shape index (κ2) is 10.6. The van der Waals surface area contributed by atoms with Gasteiger partial charge in [0.05, 0.1) is 0 Å². The van der Waals surface area contributed by atoms with E-state index in [1.807, 2.05) is 18.2 Å². The molecule has 0 unspecified atom stereocenters. The van der Waals surface area contributed by atoms with Gasteiger partial charge in [-0.2, -0.15) is 0 Å².